The molecule has 1 aliphatic heterocycles. The average molecular weight is 433 g/mol. The Hall–Kier alpha value is -3.68. The smallest absolute Gasteiger partial charge is 0.244 e. The van der Waals surface area contributed by atoms with E-state index in [1.807, 2.05) is 56.4 Å². The van der Waals surface area contributed by atoms with Gasteiger partial charge in [-0.05, 0) is 62.1 Å². The third kappa shape index (κ3) is 4.34. The fraction of sp³-hybridized carbons (Fsp3) is 0.333. The highest BCUT2D eigenvalue weighted by Gasteiger charge is 2.20. The maximum absolute atomic E-state index is 12.4. The van der Waals surface area contributed by atoms with E-state index in [1.54, 1.807) is 11.7 Å². The van der Waals surface area contributed by atoms with Crippen molar-refractivity contribution in [2.24, 2.45) is 22.8 Å². The number of nitrogens with one attached hydrogen (secondary N) is 1. The van der Waals surface area contributed by atoms with E-state index in [2.05, 4.69) is 5.32 Å². The van der Waals surface area contributed by atoms with Gasteiger partial charge in [0.25, 0.3) is 0 Å². The lowest BCUT2D eigenvalue weighted by molar-refractivity contribution is -0.122. The van der Waals surface area contributed by atoms with Crippen LogP contribution in [0.5, 0.6) is 5.75 Å². The number of aromatic nitrogens is 2. The second-order valence-corrected chi connectivity index (χ2v) is 7.92. The van der Waals surface area contributed by atoms with Crippen LogP contribution < -0.4 is 21.4 Å². The first-order valence-corrected chi connectivity index (χ1v) is 10.7. The van der Waals surface area contributed by atoms with Gasteiger partial charge in [-0.15, -0.1) is 0 Å². The van der Waals surface area contributed by atoms with Crippen molar-refractivity contribution in [3.63, 3.8) is 0 Å². The molecular formula is C24H28N6O2. The van der Waals surface area contributed by atoms with Crippen molar-refractivity contribution in [1.29, 1.82) is 0 Å². The van der Waals surface area contributed by atoms with Crippen molar-refractivity contribution >= 4 is 28.5 Å². The summed E-state index contributed by atoms with van der Waals surface area (Å²) >= 11 is 0. The highest BCUT2D eigenvalue weighted by Crippen LogP contribution is 2.24. The molecule has 3 aromatic rings. The Labute approximate surface area is 186 Å². The Balaban J connectivity index is 1.86. The Bertz CT molecular complexity index is 1260. The molecule has 1 aromatic heterocycles. The molecule has 8 heteroatoms. The van der Waals surface area contributed by atoms with E-state index in [9.17, 15) is 4.79 Å². The first kappa shape index (κ1) is 21.5. The molecule has 0 radical (unpaired) electrons. The molecular weight excluding hydrogens is 404 g/mol. The number of para-hydroxylation sites is 1. The molecule has 4 rings (SSSR count). The fourth-order valence-corrected chi connectivity index (χ4v) is 3.87. The molecule has 1 aliphatic rings. The fourth-order valence-electron chi connectivity index (χ4n) is 3.87. The Morgan fingerprint density at radius 3 is 2.84 bits per heavy atom. The number of hydrogen-bond acceptors (Lipinski definition) is 5. The zero-order valence-corrected chi connectivity index (χ0v) is 18.6. The van der Waals surface area contributed by atoms with Gasteiger partial charge in [-0.25, -0.2) is 15.0 Å². The number of carbonyl (C=O) groups is 1. The zero-order valence-electron chi connectivity index (χ0n) is 18.6. The molecule has 0 unspecified atom stereocenters. The standard InChI is InChI=1S/C24H28N6O2/c1-15-14-16(11-12-20(15)32-3)21(25)29-22-17-8-4-5-9-18(17)27-24(30(22)2)28-19-10-6-7-13-26-23(19)31/h4-5,8-9,11-12,14,19H,6-7,10,13H2,1-3H3,(H2,25,29)(H,26,31)/t19-/m1/s1. The molecule has 0 bridgehead atoms. The van der Waals surface area contributed by atoms with Crippen molar-refractivity contribution < 1.29 is 9.53 Å². The third-order valence-electron chi connectivity index (χ3n) is 5.68. The Morgan fingerprint density at radius 1 is 1.25 bits per heavy atom. The van der Waals surface area contributed by atoms with Crippen molar-refractivity contribution in [2.45, 2.75) is 32.2 Å². The minimum atomic E-state index is -0.462. The molecule has 166 valence electrons. The van der Waals surface area contributed by atoms with Gasteiger partial charge >= 0.3 is 0 Å². The summed E-state index contributed by atoms with van der Waals surface area (Å²) in [6, 6.07) is 13.0. The largest absolute Gasteiger partial charge is 0.496 e. The van der Waals surface area contributed by atoms with Crippen LogP contribution >= 0.6 is 0 Å². The topological polar surface area (TPSA) is 107 Å². The third-order valence-corrected chi connectivity index (χ3v) is 5.68. The van der Waals surface area contributed by atoms with Crippen molar-refractivity contribution in [3.8, 4) is 5.75 Å². The van der Waals surface area contributed by atoms with E-state index < -0.39 is 6.04 Å². The molecule has 8 nitrogen and oxygen atoms in total. The lowest BCUT2D eigenvalue weighted by Crippen LogP contribution is -2.35. The molecule has 2 heterocycles. The molecule has 3 N–H and O–H groups in total. The van der Waals surface area contributed by atoms with Crippen LogP contribution in [0.1, 0.15) is 30.4 Å². The van der Waals surface area contributed by atoms with Crippen LogP contribution in [0.2, 0.25) is 0 Å². The molecule has 0 spiro atoms. The number of rotatable bonds is 4. The number of ether oxygens (including phenoxy) is 1. The van der Waals surface area contributed by atoms with Crippen LogP contribution in [0.15, 0.2) is 52.4 Å². The van der Waals surface area contributed by atoms with Gasteiger partial charge in [-0.3, -0.25) is 9.36 Å². The number of nitrogens with zero attached hydrogens (tertiary/aromatic N) is 4. The van der Waals surface area contributed by atoms with Crippen LogP contribution in [-0.4, -0.2) is 41.0 Å². The lowest BCUT2D eigenvalue weighted by atomic mass is 10.1. The molecule has 1 fully saturated rings. The van der Waals surface area contributed by atoms with Crippen LogP contribution in [0, 0.1) is 6.92 Å². The number of fused-ring (bicyclic) bond motifs is 1. The highest BCUT2D eigenvalue weighted by molar-refractivity contribution is 6.01. The number of aryl methyl sites for hydroxylation is 1. The monoisotopic (exact) mass is 432 g/mol. The van der Waals surface area contributed by atoms with Crippen molar-refractivity contribution in [1.82, 2.24) is 14.9 Å². The van der Waals surface area contributed by atoms with Crippen LogP contribution in [0.4, 0.5) is 5.82 Å². The lowest BCUT2D eigenvalue weighted by Gasteiger charge is -2.13. The summed E-state index contributed by atoms with van der Waals surface area (Å²) in [4.78, 5) is 26.6. The van der Waals surface area contributed by atoms with Crippen LogP contribution in [-0.2, 0) is 11.8 Å². The number of methoxy groups -OCH3 is 1. The summed E-state index contributed by atoms with van der Waals surface area (Å²) in [5.41, 5.74) is 9.37. The number of carbonyl (C=O) groups excluding carboxylic acids is 1. The molecule has 32 heavy (non-hydrogen) atoms. The summed E-state index contributed by atoms with van der Waals surface area (Å²) in [5, 5.41) is 3.78. The minimum absolute atomic E-state index is 0.0595. The van der Waals surface area contributed by atoms with Crippen molar-refractivity contribution in [3.05, 3.63) is 59.2 Å². The Morgan fingerprint density at radius 2 is 2.06 bits per heavy atom. The maximum Gasteiger partial charge on any atom is 0.244 e. The van der Waals surface area contributed by atoms with Crippen molar-refractivity contribution in [2.75, 3.05) is 13.7 Å². The van der Waals surface area contributed by atoms with Gasteiger partial charge in [0.05, 0.1) is 12.6 Å². The van der Waals surface area contributed by atoms with Gasteiger partial charge in [0, 0.05) is 24.5 Å². The zero-order chi connectivity index (χ0) is 22.7. The first-order chi connectivity index (χ1) is 15.5. The predicted molar refractivity (Wildman–Crippen MR) is 125 cm³/mol. The number of hydrogen-bond donors (Lipinski definition) is 2. The van der Waals surface area contributed by atoms with E-state index in [-0.39, 0.29) is 5.91 Å². The quantitative estimate of drug-likeness (QED) is 0.488. The molecule has 2 aromatic carbocycles. The summed E-state index contributed by atoms with van der Waals surface area (Å²) in [6.45, 7) is 2.65. The maximum atomic E-state index is 12.4. The van der Waals surface area contributed by atoms with Gasteiger partial charge < -0.3 is 15.8 Å². The van der Waals surface area contributed by atoms with Gasteiger partial charge in [-0.2, -0.15) is 0 Å². The predicted octanol–water partition coefficient (Wildman–Crippen LogP) is 2.50. The molecule has 1 saturated heterocycles. The number of nitrogens with two attached hydrogens (primary N) is 1. The summed E-state index contributed by atoms with van der Waals surface area (Å²) in [6.07, 6.45) is 2.60. The van der Waals surface area contributed by atoms with E-state index in [0.29, 0.717) is 30.2 Å². The van der Waals surface area contributed by atoms with Gasteiger partial charge in [-0.1, -0.05) is 12.1 Å². The second-order valence-electron chi connectivity index (χ2n) is 7.92. The number of amidine groups is 1. The van der Waals surface area contributed by atoms with Gasteiger partial charge in [0.15, 0.2) is 0 Å². The molecule has 1 amide bonds. The van der Waals surface area contributed by atoms with Gasteiger partial charge in [0.2, 0.25) is 11.5 Å². The number of aliphatic imine (C=N–C) groups is 1. The summed E-state index contributed by atoms with van der Waals surface area (Å²) in [5.74, 6) is 1.75. The summed E-state index contributed by atoms with van der Waals surface area (Å²) in [7, 11) is 3.49. The average Bonchev–Trinajstić information content (AvgIpc) is 3.00. The molecule has 0 aliphatic carbocycles. The minimum Gasteiger partial charge on any atom is -0.496 e. The SMILES string of the molecule is COc1ccc(/C(N)=N/c2c3ccccc3nc(=N[C@@H]3CCCCNC3=O)n2C)cc1C. The molecule has 1 atom stereocenters. The van der Waals surface area contributed by atoms with E-state index >= 15 is 0 Å². The number of benzene rings is 2. The van der Waals surface area contributed by atoms with Gasteiger partial charge in [0.1, 0.15) is 23.4 Å². The van der Waals surface area contributed by atoms with Crippen LogP contribution in [0.3, 0.4) is 0 Å². The molecule has 0 saturated carbocycles. The van der Waals surface area contributed by atoms with E-state index in [4.69, 9.17) is 25.4 Å². The van der Waals surface area contributed by atoms with E-state index in [1.165, 1.54) is 0 Å². The first-order valence-electron chi connectivity index (χ1n) is 10.7. The second kappa shape index (κ2) is 9.21. The van der Waals surface area contributed by atoms with E-state index in [0.717, 1.165) is 40.6 Å². The normalized spacial score (nSPS) is 17.8. The summed E-state index contributed by atoms with van der Waals surface area (Å²) < 4.78 is 7.14. The number of amides is 1. The van der Waals surface area contributed by atoms with Crippen LogP contribution in [0.25, 0.3) is 10.9 Å². The Kier molecular flexibility index (Phi) is 6.20. The highest BCUT2D eigenvalue weighted by atomic mass is 16.5.